The summed E-state index contributed by atoms with van der Waals surface area (Å²) in [5.41, 5.74) is 2.13. The lowest BCUT2D eigenvalue weighted by molar-refractivity contribution is -0.140. The zero-order valence-corrected chi connectivity index (χ0v) is 19.3. The van der Waals surface area contributed by atoms with Crippen molar-refractivity contribution in [3.63, 3.8) is 0 Å². The summed E-state index contributed by atoms with van der Waals surface area (Å²) in [5, 5.41) is 8.83. The van der Waals surface area contributed by atoms with Crippen LogP contribution in [0.4, 0.5) is 0 Å². The number of benzene rings is 3. The molecule has 3 rings (SSSR count). The van der Waals surface area contributed by atoms with Crippen LogP contribution in [0.5, 0.6) is 17.2 Å². The van der Waals surface area contributed by atoms with E-state index in [1.807, 2.05) is 24.3 Å². The molecule has 0 aliphatic carbocycles. The number of carbonyl (C=O) groups excluding carboxylic acids is 3. The van der Waals surface area contributed by atoms with E-state index >= 15 is 0 Å². The van der Waals surface area contributed by atoms with E-state index in [-0.39, 0.29) is 18.8 Å². The average Bonchev–Trinajstić information content (AvgIpc) is 2.91. The van der Waals surface area contributed by atoms with E-state index in [1.54, 1.807) is 24.3 Å². The summed E-state index contributed by atoms with van der Waals surface area (Å²) in [5.74, 6) is -0.509. The molecule has 0 saturated heterocycles. The highest BCUT2D eigenvalue weighted by Gasteiger charge is 2.10. The van der Waals surface area contributed by atoms with Gasteiger partial charge in [0.05, 0.1) is 17.7 Å². The van der Waals surface area contributed by atoms with Gasteiger partial charge in [0.25, 0.3) is 0 Å². The first-order chi connectivity index (χ1) is 17.4. The predicted octanol–water partition coefficient (Wildman–Crippen LogP) is 4.13. The number of aliphatic hydroxyl groups excluding tert-OH is 1. The van der Waals surface area contributed by atoms with Gasteiger partial charge in [0.15, 0.2) is 0 Å². The molecule has 8 heteroatoms. The third-order valence-corrected chi connectivity index (χ3v) is 4.79. The smallest absolute Gasteiger partial charge is 0.343 e. The maximum Gasteiger partial charge on any atom is 0.343 e. The van der Waals surface area contributed by atoms with E-state index in [0.29, 0.717) is 22.8 Å². The van der Waals surface area contributed by atoms with E-state index in [1.165, 1.54) is 24.3 Å². The third kappa shape index (κ3) is 7.41. The minimum absolute atomic E-state index is 0.0115. The molecule has 0 aromatic heterocycles. The lowest BCUT2D eigenvalue weighted by Gasteiger charge is -2.09. The Bertz CT molecular complexity index is 1230. The molecular weight excluding hydrogens is 464 g/mol. The van der Waals surface area contributed by atoms with Crippen LogP contribution in [0.1, 0.15) is 10.4 Å². The van der Waals surface area contributed by atoms with Crippen LogP contribution >= 0.6 is 0 Å². The number of hydrogen-bond acceptors (Lipinski definition) is 8. The summed E-state index contributed by atoms with van der Waals surface area (Å²) < 4.78 is 20.8. The molecule has 0 spiro atoms. The molecule has 0 heterocycles. The Kier molecular flexibility index (Phi) is 9.13. The van der Waals surface area contributed by atoms with Gasteiger partial charge in [-0.1, -0.05) is 37.4 Å². The molecule has 0 fully saturated rings. The molecule has 0 atom stereocenters. The fraction of sp³-hybridized carbons (Fsp3) is 0.107. The monoisotopic (exact) mass is 488 g/mol. The van der Waals surface area contributed by atoms with Crippen LogP contribution in [0, 0.1) is 0 Å². The molecule has 8 nitrogen and oxygen atoms in total. The number of ether oxygens (including phenoxy) is 4. The molecular formula is C28H24O8. The second-order valence-corrected chi connectivity index (χ2v) is 7.33. The second kappa shape index (κ2) is 12.7. The largest absolute Gasteiger partial charge is 0.490 e. The molecule has 0 radical (unpaired) electrons. The van der Waals surface area contributed by atoms with Crippen LogP contribution in [0.25, 0.3) is 11.1 Å². The Labute approximate surface area is 208 Å². The fourth-order valence-corrected chi connectivity index (χ4v) is 2.90. The molecule has 0 aliphatic rings. The van der Waals surface area contributed by atoms with Crippen molar-refractivity contribution in [2.45, 2.75) is 0 Å². The fourth-order valence-electron chi connectivity index (χ4n) is 2.90. The van der Waals surface area contributed by atoms with Gasteiger partial charge in [0.1, 0.15) is 30.5 Å². The topological polar surface area (TPSA) is 108 Å². The van der Waals surface area contributed by atoms with E-state index in [9.17, 15) is 14.4 Å². The quantitative estimate of drug-likeness (QED) is 0.186. The summed E-state index contributed by atoms with van der Waals surface area (Å²) in [4.78, 5) is 35.0. The number of aliphatic hydroxyl groups is 1. The minimum Gasteiger partial charge on any atom is -0.490 e. The Balaban J connectivity index is 1.51. The Morgan fingerprint density at radius 1 is 0.750 bits per heavy atom. The van der Waals surface area contributed by atoms with Crippen LogP contribution in [0.15, 0.2) is 97.6 Å². The molecule has 1 N–H and O–H groups in total. The van der Waals surface area contributed by atoms with Gasteiger partial charge in [0.2, 0.25) is 0 Å². The Morgan fingerprint density at radius 2 is 1.28 bits per heavy atom. The number of hydrogen-bond donors (Lipinski definition) is 1. The van der Waals surface area contributed by atoms with E-state index in [2.05, 4.69) is 13.2 Å². The van der Waals surface area contributed by atoms with Gasteiger partial charge in [-0.15, -0.1) is 0 Å². The highest BCUT2D eigenvalue weighted by molar-refractivity contribution is 5.91. The summed E-state index contributed by atoms with van der Waals surface area (Å²) in [6.07, 6.45) is 1.05. The van der Waals surface area contributed by atoms with Gasteiger partial charge in [-0.05, 0) is 59.7 Å². The second-order valence-electron chi connectivity index (χ2n) is 7.33. The van der Waals surface area contributed by atoms with Crippen LogP contribution < -0.4 is 14.2 Å². The van der Waals surface area contributed by atoms with Gasteiger partial charge < -0.3 is 24.1 Å². The number of rotatable bonds is 11. The zero-order valence-electron chi connectivity index (χ0n) is 19.3. The van der Waals surface area contributed by atoms with E-state index < -0.39 is 24.5 Å². The van der Waals surface area contributed by atoms with Gasteiger partial charge in [0, 0.05) is 6.08 Å². The first kappa shape index (κ1) is 25.9. The van der Waals surface area contributed by atoms with Crippen LogP contribution in [-0.2, 0) is 14.3 Å². The molecule has 0 unspecified atom stereocenters. The molecule has 184 valence electrons. The lowest BCUT2D eigenvalue weighted by Crippen LogP contribution is -2.14. The highest BCUT2D eigenvalue weighted by Crippen LogP contribution is 2.25. The van der Waals surface area contributed by atoms with Crippen molar-refractivity contribution in [3.05, 3.63) is 103 Å². The molecule has 0 saturated carbocycles. The highest BCUT2D eigenvalue weighted by atomic mass is 16.6. The van der Waals surface area contributed by atoms with Crippen molar-refractivity contribution in [2.24, 2.45) is 0 Å². The van der Waals surface area contributed by atoms with Gasteiger partial charge in [-0.25, -0.2) is 14.4 Å². The maximum atomic E-state index is 12.4. The molecule has 0 aliphatic heterocycles. The van der Waals surface area contributed by atoms with Gasteiger partial charge in [-0.3, -0.25) is 0 Å². The van der Waals surface area contributed by atoms with Crippen molar-refractivity contribution >= 4 is 17.9 Å². The van der Waals surface area contributed by atoms with Crippen molar-refractivity contribution < 1.29 is 38.4 Å². The summed E-state index contributed by atoms with van der Waals surface area (Å²) >= 11 is 0. The number of carbonyl (C=O) groups is 3. The molecule has 3 aromatic rings. The third-order valence-electron chi connectivity index (χ3n) is 4.79. The standard InChI is InChI=1S/C28H24O8/c1-3-26(30)35-24-14-8-22(9-15-24)28(32)36-25-12-6-21(7-13-25)20-4-10-23(11-5-20)33-16-17-34-27(31)19(2)18-29/h3-15,29H,1-2,16-18H2. The normalized spacial score (nSPS) is 10.1. The Morgan fingerprint density at radius 3 is 1.83 bits per heavy atom. The van der Waals surface area contributed by atoms with Crippen LogP contribution in [0.3, 0.4) is 0 Å². The first-order valence-electron chi connectivity index (χ1n) is 10.8. The van der Waals surface area contributed by atoms with Gasteiger partial charge >= 0.3 is 17.9 Å². The lowest BCUT2D eigenvalue weighted by atomic mass is 10.1. The maximum absolute atomic E-state index is 12.4. The van der Waals surface area contributed by atoms with E-state index in [0.717, 1.165) is 17.2 Å². The Hall–Kier alpha value is -4.69. The van der Waals surface area contributed by atoms with Gasteiger partial charge in [-0.2, -0.15) is 0 Å². The summed E-state index contributed by atoms with van der Waals surface area (Å²) in [6, 6.07) is 20.3. The zero-order chi connectivity index (χ0) is 25.9. The van der Waals surface area contributed by atoms with Crippen molar-refractivity contribution in [2.75, 3.05) is 19.8 Å². The molecule has 3 aromatic carbocycles. The predicted molar refractivity (Wildman–Crippen MR) is 132 cm³/mol. The molecule has 36 heavy (non-hydrogen) atoms. The van der Waals surface area contributed by atoms with Crippen molar-refractivity contribution in [1.29, 1.82) is 0 Å². The summed E-state index contributed by atoms with van der Waals surface area (Å²) in [6.45, 7) is 6.46. The van der Waals surface area contributed by atoms with Crippen molar-refractivity contribution in [3.8, 4) is 28.4 Å². The van der Waals surface area contributed by atoms with E-state index in [4.69, 9.17) is 24.1 Å². The number of esters is 3. The van der Waals surface area contributed by atoms with Crippen LogP contribution in [0.2, 0.25) is 0 Å². The summed E-state index contributed by atoms with van der Waals surface area (Å²) in [7, 11) is 0. The SMILES string of the molecule is C=CC(=O)Oc1ccc(C(=O)Oc2ccc(-c3ccc(OCCOC(=O)C(=C)CO)cc3)cc2)cc1. The molecule has 0 bridgehead atoms. The van der Waals surface area contributed by atoms with Crippen molar-refractivity contribution in [1.82, 2.24) is 0 Å². The molecule has 0 amide bonds. The van der Waals surface area contributed by atoms with Crippen LogP contribution in [-0.4, -0.2) is 42.8 Å². The first-order valence-corrected chi connectivity index (χ1v) is 10.8. The average molecular weight is 488 g/mol. The minimum atomic E-state index is -0.657.